The number of anilines is 1. The molecule has 2 N–H and O–H groups in total. The van der Waals surface area contributed by atoms with Crippen LogP contribution in [0.15, 0.2) is 34.8 Å². The van der Waals surface area contributed by atoms with Gasteiger partial charge >= 0.3 is 0 Å². The highest BCUT2D eigenvalue weighted by atomic mass is 79.9. The van der Waals surface area contributed by atoms with Gasteiger partial charge in [-0.25, -0.2) is 4.68 Å². The van der Waals surface area contributed by atoms with E-state index in [1.807, 2.05) is 22.9 Å². The van der Waals surface area contributed by atoms with Crippen molar-refractivity contribution in [3.8, 4) is 0 Å². The van der Waals surface area contributed by atoms with Crippen LogP contribution in [0.25, 0.3) is 0 Å². The van der Waals surface area contributed by atoms with Crippen LogP contribution in [0.1, 0.15) is 31.0 Å². The molecule has 0 fully saturated rings. The van der Waals surface area contributed by atoms with Gasteiger partial charge < -0.3 is 5.73 Å². The molecule has 0 spiro atoms. The summed E-state index contributed by atoms with van der Waals surface area (Å²) in [6.45, 7) is 4.94. The summed E-state index contributed by atoms with van der Waals surface area (Å²) in [5.41, 5.74) is 8.18. The zero-order chi connectivity index (χ0) is 12.4. The molecular weight excluding hydrogens is 278 g/mol. The summed E-state index contributed by atoms with van der Waals surface area (Å²) in [4.78, 5) is 0. The second-order valence-electron chi connectivity index (χ2n) is 4.44. The minimum absolute atomic E-state index is 0.404. The summed E-state index contributed by atoms with van der Waals surface area (Å²) in [6.07, 6.45) is 0. The molecular formula is C13H16BrN3. The van der Waals surface area contributed by atoms with E-state index >= 15 is 0 Å². The van der Waals surface area contributed by atoms with Gasteiger partial charge in [0.1, 0.15) is 5.82 Å². The quantitative estimate of drug-likeness (QED) is 0.943. The van der Waals surface area contributed by atoms with Crippen molar-refractivity contribution in [1.29, 1.82) is 0 Å². The smallest absolute Gasteiger partial charge is 0.122 e. The predicted octanol–water partition coefficient (Wildman–Crippen LogP) is 3.40. The number of hydrogen-bond acceptors (Lipinski definition) is 2. The summed E-state index contributed by atoms with van der Waals surface area (Å²) in [5.74, 6) is 1.12. The molecule has 1 aromatic carbocycles. The fraction of sp³-hybridized carbons (Fsp3) is 0.308. The Kier molecular flexibility index (Phi) is 3.52. The average Bonchev–Trinajstić information content (AvgIpc) is 2.61. The Bertz CT molecular complexity index is 517. The lowest BCUT2D eigenvalue weighted by Gasteiger charge is -2.05. The Morgan fingerprint density at radius 1 is 1.35 bits per heavy atom. The largest absolute Gasteiger partial charge is 0.384 e. The Hall–Kier alpha value is -1.29. The van der Waals surface area contributed by atoms with Gasteiger partial charge in [0.05, 0.1) is 12.2 Å². The van der Waals surface area contributed by atoms with Gasteiger partial charge in [-0.15, -0.1) is 0 Å². The van der Waals surface area contributed by atoms with Crippen LogP contribution in [0, 0.1) is 0 Å². The Labute approximate surface area is 110 Å². The van der Waals surface area contributed by atoms with E-state index in [1.54, 1.807) is 0 Å². The van der Waals surface area contributed by atoms with Crippen molar-refractivity contribution in [2.45, 2.75) is 26.3 Å². The third kappa shape index (κ3) is 2.88. The molecule has 0 saturated heterocycles. The summed E-state index contributed by atoms with van der Waals surface area (Å²) >= 11 is 3.46. The Morgan fingerprint density at radius 3 is 2.71 bits per heavy atom. The molecule has 0 amide bonds. The Morgan fingerprint density at radius 2 is 2.12 bits per heavy atom. The first-order valence-corrected chi connectivity index (χ1v) is 6.43. The number of rotatable bonds is 3. The second-order valence-corrected chi connectivity index (χ2v) is 5.35. The molecule has 0 aliphatic carbocycles. The number of aromatic nitrogens is 2. The van der Waals surface area contributed by atoms with Gasteiger partial charge in [-0.2, -0.15) is 5.10 Å². The molecule has 4 heteroatoms. The first-order valence-electron chi connectivity index (χ1n) is 5.64. The number of benzene rings is 1. The van der Waals surface area contributed by atoms with E-state index in [0.717, 1.165) is 10.2 Å². The topological polar surface area (TPSA) is 43.8 Å². The van der Waals surface area contributed by atoms with E-state index in [2.05, 4.69) is 47.0 Å². The molecule has 1 heterocycles. The predicted molar refractivity (Wildman–Crippen MR) is 74.0 cm³/mol. The van der Waals surface area contributed by atoms with Crippen molar-refractivity contribution in [1.82, 2.24) is 9.78 Å². The first-order chi connectivity index (χ1) is 8.06. The zero-order valence-corrected chi connectivity index (χ0v) is 11.6. The molecule has 0 aliphatic rings. The minimum atomic E-state index is 0.404. The van der Waals surface area contributed by atoms with E-state index in [9.17, 15) is 0 Å². The lowest BCUT2D eigenvalue weighted by molar-refractivity contribution is 0.664. The van der Waals surface area contributed by atoms with E-state index in [0.29, 0.717) is 18.3 Å². The molecule has 90 valence electrons. The minimum Gasteiger partial charge on any atom is -0.384 e. The fourth-order valence-corrected chi connectivity index (χ4v) is 2.12. The van der Waals surface area contributed by atoms with Crippen LogP contribution < -0.4 is 5.73 Å². The molecule has 3 nitrogen and oxygen atoms in total. The van der Waals surface area contributed by atoms with Crippen LogP contribution in [0.3, 0.4) is 0 Å². The lowest BCUT2D eigenvalue weighted by atomic mass is 10.1. The summed E-state index contributed by atoms with van der Waals surface area (Å²) < 4.78 is 2.92. The third-order valence-corrected chi connectivity index (χ3v) is 3.14. The molecule has 0 saturated carbocycles. The van der Waals surface area contributed by atoms with Crippen molar-refractivity contribution >= 4 is 21.7 Å². The van der Waals surface area contributed by atoms with Crippen molar-refractivity contribution in [3.63, 3.8) is 0 Å². The molecule has 1 aromatic heterocycles. The van der Waals surface area contributed by atoms with Crippen molar-refractivity contribution < 1.29 is 0 Å². The van der Waals surface area contributed by atoms with Crippen molar-refractivity contribution in [2.75, 3.05) is 5.73 Å². The molecule has 0 aliphatic heterocycles. The number of hydrogen-bond donors (Lipinski definition) is 1. The van der Waals surface area contributed by atoms with Gasteiger partial charge in [-0.3, -0.25) is 0 Å². The van der Waals surface area contributed by atoms with Gasteiger partial charge in [0.15, 0.2) is 0 Å². The molecule has 0 unspecified atom stereocenters. The highest BCUT2D eigenvalue weighted by molar-refractivity contribution is 9.10. The molecule has 0 bridgehead atoms. The summed E-state index contributed by atoms with van der Waals surface area (Å²) in [6, 6.07) is 10.1. The van der Waals surface area contributed by atoms with Gasteiger partial charge in [-0.1, -0.05) is 41.9 Å². The van der Waals surface area contributed by atoms with Crippen molar-refractivity contribution in [3.05, 3.63) is 46.1 Å². The Balaban J connectivity index is 2.24. The van der Waals surface area contributed by atoms with Gasteiger partial charge in [-0.05, 0) is 23.6 Å². The maximum Gasteiger partial charge on any atom is 0.122 e. The van der Waals surface area contributed by atoms with Crippen LogP contribution in [-0.4, -0.2) is 9.78 Å². The average molecular weight is 294 g/mol. The molecule has 0 radical (unpaired) electrons. The number of nitrogen functional groups attached to an aromatic ring is 1. The highest BCUT2D eigenvalue weighted by Crippen LogP contribution is 2.18. The molecule has 2 rings (SSSR count). The fourth-order valence-electron chi connectivity index (χ4n) is 1.67. The van der Waals surface area contributed by atoms with Crippen LogP contribution in [0.5, 0.6) is 0 Å². The van der Waals surface area contributed by atoms with Crippen LogP contribution in [0.2, 0.25) is 0 Å². The summed E-state index contributed by atoms with van der Waals surface area (Å²) in [7, 11) is 0. The van der Waals surface area contributed by atoms with Crippen LogP contribution in [-0.2, 0) is 6.54 Å². The second kappa shape index (κ2) is 4.92. The zero-order valence-electron chi connectivity index (χ0n) is 10.0. The van der Waals surface area contributed by atoms with Gasteiger partial charge in [0.25, 0.3) is 0 Å². The first kappa shape index (κ1) is 12.2. The van der Waals surface area contributed by atoms with E-state index in [1.165, 1.54) is 5.56 Å². The normalized spacial score (nSPS) is 11.1. The maximum absolute atomic E-state index is 5.95. The lowest BCUT2D eigenvalue weighted by Crippen LogP contribution is -2.06. The number of halogens is 1. The van der Waals surface area contributed by atoms with E-state index in [-0.39, 0.29) is 0 Å². The van der Waals surface area contributed by atoms with Gasteiger partial charge in [0.2, 0.25) is 0 Å². The standard InChI is InChI=1S/C13H16BrN3/c1-9(2)12-7-13(15)17(16-12)8-10-4-3-5-11(14)6-10/h3-7,9H,8,15H2,1-2H3. The maximum atomic E-state index is 5.95. The highest BCUT2D eigenvalue weighted by Gasteiger charge is 2.08. The SMILES string of the molecule is CC(C)c1cc(N)n(Cc2cccc(Br)c2)n1. The summed E-state index contributed by atoms with van der Waals surface area (Å²) in [5, 5.41) is 4.51. The molecule has 2 aromatic rings. The number of nitrogens with zero attached hydrogens (tertiary/aromatic N) is 2. The number of nitrogens with two attached hydrogens (primary N) is 1. The van der Waals surface area contributed by atoms with Crippen molar-refractivity contribution in [2.24, 2.45) is 0 Å². The molecule has 0 atom stereocenters. The monoisotopic (exact) mass is 293 g/mol. The molecule has 17 heavy (non-hydrogen) atoms. The van der Waals surface area contributed by atoms with E-state index in [4.69, 9.17) is 5.73 Å². The van der Waals surface area contributed by atoms with Crippen LogP contribution >= 0.6 is 15.9 Å². The van der Waals surface area contributed by atoms with E-state index < -0.39 is 0 Å². The van der Waals surface area contributed by atoms with Crippen LogP contribution in [0.4, 0.5) is 5.82 Å². The van der Waals surface area contributed by atoms with Gasteiger partial charge in [0, 0.05) is 10.5 Å². The third-order valence-electron chi connectivity index (χ3n) is 2.64.